The number of aromatic amines is 1. The van der Waals surface area contributed by atoms with Crippen molar-refractivity contribution in [3.8, 4) is 34.0 Å². The number of nitrogens with zero attached hydrogens (tertiary/aromatic N) is 3. The van der Waals surface area contributed by atoms with Crippen LogP contribution in [0.4, 0.5) is 0 Å². The van der Waals surface area contributed by atoms with Crippen molar-refractivity contribution in [1.82, 2.24) is 20.4 Å². The van der Waals surface area contributed by atoms with Crippen LogP contribution < -0.4 is 4.74 Å². The number of H-pyrrole nitrogens is 1. The fourth-order valence-electron chi connectivity index (χ4n) is 5.45. The first-order valence-electron chi connectivity index (χ1n) is 10.2. The van der Waals surface area contributed by atoms with Crippen molar-refractivity contribution in [2.45, 2.75) is 52.1 Å². The van der Waals surface area contributed by atoms with E-state index in [9.17, 15) is 5.11 Å². The maximum Gasteiger partial charge on any atom is 0.233 e. The molecule has 0 spiro atoms. The van der Waals surface area contributed by atoms with Crippen LogP contribution in [-0.4, -0.2) is 31.6 Å². The van der Waals surface area contributed by atoms with E-state index < -0.39 is 0 Å². The minimum atomic E-state index is 0.163. The third-order valence-electron chi connectivity index (χ3n) is 6.66. The maximum absolute atomic E-state index is 10.5. The lowest BCUT2D eigenvalue weighted by atomic mass is 9.69. The van der Waals surface area contributed by atoms with Crippen LogP contribution in [0.3, 0.4) is 0 Å². The zero-order valence-corrected chi connectivity index (χ0v) is 16.9. The fourth-order valence-corrected chi connectivity index (χ4v) is 5.45. The van der Waals surface area contributed by atoms with Gasteiger partial charge >= 0.3 is 0 Å². The standard InChI is InChI=1S/C23H26N4O2/c1-22-7-8-23(2,14-22)11-17(10-22)29-21-6-5-19(26-27-21)18-4-3-15(9-20(18)28)16-12-24-25-13-16/h3-6,9,12-13,17,28H,7-8,10-11,14H2,1-2H3,(H,24,25)/t17-,22-,23+. The van der Waals surface area contributed by atoms with Gasteiger partial charge < -0.3 is 9.84 Å². The molecule has 3 aromatic rings. The zero-order valence-electron chi connectivity index (χ0n) is 16.9. The number of rotatable bonds is 4. The van der Waals surface area contributed by atoms with E-state index in [4.69, 9.17) is 4.74 Å². The molecule has 150 valence electrons. The van der Waals surface area contributed by atoms with E-state index in [0.717, 1.165) is 24.0 Å². The van der Waals surface area contributed by atoms with Crippen molar-refractivity contribution in [2.75, 3.05) is 0 Å². The number of ether oxygens (including phenoxy) is 1. The maximum atomic E-state index is 10.5. The van der Waals surface area contributed by atoms with E-state index in [1.165, 1.54) is 19.3 Å². The highest BCUT2D eigenvalue weighted by Crippen LogP contribution is 2.58. The third kappa shape index (κ3) is 3.48. The van der Waals surface area contributed by atoms with E-state index in [1.54, 1.807) is 18.5 Å². The Balaban J connectivity index is 1.32. The Kier molecular flexibility index (Phi) is 4.12. The van der Waals surface area contributed by atoms with E-state index >= 15 is 0 Å². The highest BCUT2D eigenvalue weighted by atomic mass is 16.5. The predicted molar refractivity (Wildman–Crippen MR) is 110 cm³/mol. The van der Waals surface area contributed by atoms with Gasteiger partial charge in [0.25, 0.3) is 0 Å². The van der Waals surface area contributed by atoms with Gasteiger partial charge in [-0.3, -0.25) is 5.10 Å². The highest BCUT2D eigenvalue weighted by Gasteiger charge is 2.49. The summed E-state index contributed by atoms with van der Waals surface area (Å²) in [6, 6.07) is 9.21. The second-order valence-corrected chi connectivity index (χ2v) is 9.42. The average Bonchev–Trinajstić information content (AvgIpc) is 3.28. The molecule has 0 unspecified atom stereocenters. The van der Waals surface area contributed by atoms with Gasteiger partial charge in [-0.25, -0.2) is 0 Å². The van der Waals surface area contributed by atoms with Crippen LogP contribution in [0.5, 0.6) is 11.6 Å². The molecule has 0 saturated heterocycles. The summed E-state index contributed by atoms with van der Waals surface area (Å²) >= 11 is 0. The largest absolute Gasteiger partial charge is 0.507 e. The molecule has 6 nitrogen and oxygen atoms in total. The molecular formula is C23H26N4O2. The molecule has 6 heteroatoms. The lowest BCUT2D eigenvalue weighted by Gasteiger charge is -2.39. The Morgan fingerprint density at radius 2 is 1.83 bits per heavy atom. The number of aromatic nitrogens is 4. The fraction of sp³-hybridized carbons (Fsp3) is 0.435. The second-order valence-electron chi connectivity index (χ2n) is 9.42. The minimum Gasteiger partial charge on any atom is -0.507 e. The van der Waals surface area contributed by atoms with E-state index in [1.807, 2.05) is 24.3 Å². The van der Waals surface area contributed by atoms with Gasteiger partial charge in [-0.2, -0.15) is 5.10 Å². The molecule has 0 amide bonds. The molecule has 3 atom stereocenters. The Morgan fingerprint density at radius 1 is 1.03 bits per heavy atom. The molecule has 2 aliphatic rings. The number of benzene rings is 1. The van der Waals surface area contributed by atoms with Crippen molar-refractivity contribution >= 4 is 0 Å². The lowest BCUT2D eigenvalue weighted by molar-refractivity contribution is 0.0401. The Labute approximate surface area is 170 Å². The van der Waals surface area contributed by atoms with Crippen LogP contribution in [0.25, 0.3) is 22.4 Å². The molecule has 0 aliphatic heterocycles. The second kappa shape index (κ2) is 6.58. The molecule has 0 radical (unpaired) electrons. The van der Waals surface area contributed by atoms with Gasteiger partial charge in [0, 0.05) is 23.4 Å². The summed E-state index contributed by atoms with van der Waals surface area (Å²) in [5, 5.41) is 25.8. The molecule has 5 rings (SSSR count). The summed E-state index contributed by atoms with van der Waals surface area (Å²) in [6.45, 7) is 4.77. The van der Waals surface area contributed by atoms with Gasteiger partial charge in [-0.05, 0) is 66.7 Å². The molecule has 2 heterocycles. The summed E-state index contributed by atoms with van der Waals surface area (Å²) in [5.74, 6) is 0.720. The van der Waals surface area contributed by atoms with Gasteiger partial charge in [-0.15, -0.1) is 10.2 Å². The van der Waals surface area contributed by atoms with E-state index in [2.05, 4.69) is 34.2 Å². The molecule has 29 heavy (non-hydrogen) atoms. The first-order chi connectivity index (χ1) is 13.9. The zero-order chi connectivity index (χ0) is 20.1. The van der Waals surface area contributed by atoms with Crippen LogP contribution in [-0.2, 0) is 0 Å². The highest BCUT2D eigenvalue weighted by molar-refractivity contribution is 5.73. The summed E-state index contributed by atoms with van der Waals surface area (Å²) < 4.78 is 6.21. The van der Waals surface area contributed by atoms with Crippen LogP contribution >= 0.6 is 0 Å². The number of phenolic OH excluding ortho intramolecular Hbond substituents is 1. The lowest BCUT2D eigenvalue weighted by Crippen LogP contribution is -2.36. The van der Waals surface area contributed by atoms with Gasteiger partial charge in [0.1, 0.15) is 11.9 Å². The number of aromatic hydroxyl groups is 1. The Hall–Kier alpha value is -2.89. The third-order valence-corrected chi connectivity index (χ3v) is 6.66. The van der Waals surface area contributed by atoms with Crippen molar-refractivity contribution in [3.63, 3.8) is 0 Å². The summed E-state index contributed by atoms with van der Waals surface area (Å²) in [5.41, 5.74) is 3.87. The van der Waals surface area contributed by atoms with Crippen LogP contribution in [0.2, 0.25) is 0 Å². The quantitative estimate of drug-likeness (QED) is 0.656. The van der Waals surface area contributed by atoms with E-state index in [0.29, 0.717) is 28.0 Å². The van der Waals surface area contributed by atoms with Crippen LogP contribution in [0.15, 0.2) is 42.7 Å². The normalized spacial score (nSPS) is 28.4. The molecule has 2 saturated carbocycles. The molecular weight excluding hydrogens is 364 g/mol. The molecule has 2 bridgehead atoms. The number of phenols is 1. The minimum absolute atomic E-state index is 0.163. The van der Waals surface area contributed by atoms with Gasteiger partial charge in [0.2, 0.25) is 5.88 Å². The monoisotopic (exact) mass is 390 g/mol. The predicted octanol–water partition coefficient (Wildman–Crippen LogP) is 4.98. The van der Waals surface area contributed by atoms with E-state index in [-0.39, 0.29) is 11.9 Å². The van der Waals surface area contributed by atoms with Gasteiger partial charge in [-0.1, -0.05) is 19.9 Å². The van der Waals surface area contributed by atoms with Crippen LogP contribution in [0.1, 0.15) is 46.0 Å². The number of hydrogen-bond acceptors (Lipinski definition) is 5. The SMILES string of the molecule is C[C@]12CC[C@](C)(C[C@@H](Oc3ccc(-c4ccc(-c5cn[nH]c5)cc4O)nn3)C1)C2. The Morgan fingerprint density at radius 3 is 2.45 bits per heavy atom. The summed E-state index contributed by atoms with van der Waals surface area (Å²) in [7, 11) is 0. The summed E-state index contributed by atoms with van der Waals surface area (Å²) in [4.78, 5) is 0. The van der Waals surface area contributed by atoms with Gasteiger partial charge in [0.05, 0.1) is 11.9 Å². The van der Waals surface area contributed by atoms with Crippen molar-refractivity contribution < 1.29 is 9.84 Å². The number of fused-ring (bicyclic) bond motifs is 2. The van der Waals surface area contributed by atoms with Gasteiger partial charge in [0.15, 0.2) is 0 Å². The first kappa shape index (κ1) is 18.2. The number of hydrogen-bond donors (Lipinski definition) is 2. The van der Waals surface area contributed by atoms with Crippen molar-refractivity contribution in [3.05, 3.63) is 42.7 Å². The smallest absolute Gasteiger partial charge is 0.233 e. The molecule has 2 aliphatic carbocycles. The molecule has 1 aromatic carbocycles. The summed E-state index contributed by atoms with van der Waals surface area (Å²) in [6.07, 6.45) is 9.77. The topological polar surface area (TPSA) is 83.9 Å². The van der Waals surface area contributed by atoms with Crippen molar-refractivity contribution in [1.29, 1.82) is 0 Å². The molecule has 2 fully saturated rings. The number of nitrogens with one attached hydrogen (secondary N) is 1. The molecule has 2 aromatic heterocycles. The van der Waals surface area contributed by atoms with Crippen molar-refractivity contribution in [2.24, 2.45) is 10.8 Å². The van der Waals surface area contributed by atoms with Crippen LogP contribution in [0, 0.1) is 10.8 Å². The molecule has 2 N–H and O–H groups in total. The first-order valence-corrected chi connectivity index (χ1v) is 10.2. The average molecular weight is 390 g/mol. The Bertz CT molecular complexity index is 1000.